The highest BCUT2D eigenvalue weighted by Crippen LogP contribution is 2.32. The van der Waals surface area contributed by atoms with Crippen LogP contribution < -0.4 is 0 Å². The maximum Gasteiger partial charge on any atom is 0.243 e. The molecule has 0 aliphatic carbocycles. The van der Waals surface area contributed by atoms with Crippen molar-refractivity contribution < 1.29 is 17.9 Å². The van der Waals surface area contributed by atoms with Crippen LogP contribution in [0.25, 0.3) is 11.0 Å². The number of ether oxygens (including phenoxy) is 2. The second-order valence-corrected chi connectivity index (χ2v) is 11.8. The molecular formula is C23H35N3O4S. The summed E-state index contributed by atoms with van der Waals surface area (Å²) in [4.78, 5) is 5.25. The molecule has 0 radical (unpaired) electrons. The lowest BCUT2D eigenvalue weighted by Gasteiger charge is -2.26. The zero-order valence-electron chi connectivity index (χ0n) is 19.1. The zero-order valence-corrected chi connectivity index (χ0v) is 20.0. The first-order chi connectivity index (χ1) is 14.7. The molecule has 2 fully saturated rings. The Morgan fingerprint density at radius 1 is 1.19 bits per heavy atom. The van der Waals surface area contributed by atoms with Crippen molar-refractivity contribution in [1.29, 1.82) is 0 Å². The van der Waals surface area contributed by atoms with Crippen LogP contribution >= 0.6 is 0 Å². The van der Waals surface area contributed by atoms with E-state index >= 15 is 0 Å². The van der Waals surface area contributed by atoms with Gasteiger partial charge >= 0.3 is 0 Å². The van der Waals surface area contributed by atoms with Gasteiger partial charge in [-0.15, -0.1) is 0 Å². The molecule has 2 aliphatic heterocycles. The molecule has 4 rings (SSSR count). The van der Waals surface area contributed by atoms with E-state index in [4.69, 9.17) is 14.5 Å². The van der Waals surface area contributed by atoms with Gasteiger partial charge in [0, 0.05) is 44.9 Å². The van der Waals surface area contributed by atoms with Gasteiger partial charge in [-0.1, -0.05) is 20.8 Å². The highest BCUT2D eigenvalue weighted by Gasteiger charge is 2.36. The number of hydrogen-bond donors (Lipinski definition) is 0. The van der Waals surface area contributed by atoms with Crippen LogP contribution in [0.15, 0.2) is 23.1 Å². The fourth-order valence-corrected chi connectivity index (χ4v) is 6.53. The van der Waals surface area contributed by atoms with Crippen molar-refractivity contribution in [2.75, 3.05) is 33.5 Å². The standard InChI is InChI=1S/C23H35N3O4S/c1-23(2,3)22-24-20-14-19(31(27,28)26-11-5-6-18(26)16-29-4)7-8-21(20)25(22)15-17-9-12-30-13-10-17/h7-8,14,17-18H,5-6,9-13,15-16H2,1-4H3. The van der Waals surface area contributed by atoms with Crippen LogP contribution in [-0.4, -0.2) is 61.8 Å². The molecular weight excluding hydrogens is 414 g/mol. The summed E-state index contributed by atoms with van der Waals surface area (Å²) in [6, 6.07) is 5.34. The Bertz CT molecular complexity index is 1020. The number of benzene rings is 1. The summed E-state index contributed by atoms with van der Waals surface area (Å²) in [6.45, 7) is 9.95. The molecule has 0 amide bonds. The number of rotatable bonds is 6. The van der Waals surface area contributed by atoms with Crippen LogP contribution in [0.3, 0.4) is 0 Å². The van der Waals surface area contributed by atoms with Gasteiger partial charge in [0.25, 0.3) is 0 Å². The average Bonchev–Trinajstić information content (AvgIpc) is 3.34. The molecule has 3 heterocycles. The van der Waals surface area contributed by atoms with Crippen molar-refractivity contribution in [2.45, 2.75) is 69.4 Å². The van der Waals surface area contributed by atoms with E-state index in [0.29, 0.717) is 24.0 Å². The minimum Gasteiger partial charge on any atom is -0.383 e. The lowest BCUT2D eigenvalue weighted by Crippen LogP contribution is -2.38. The molecule has 8 heteroatoms. The Hall–Kier alpha value is -1.48. The van der Waals surface area contributed by atoms with E-state index in [1.165, 1.54) is 0 Å². The molecule has 1 unspecified atom stereocenters. The molecule has 172 valence electrons. The molecule has 2 aromatic rings. The highest BCUT2D eigenvalue weighted by atomic mass is 32.2. The lowest BCUT2D eigenvalue weighted by molar-refractivity contribution is 0.0611. The summed E-state index contributed by atoms with van der Waals surface area (Å²) in [6.07, 6.45) is 3.80. The van der Waals surface area contributed by atoms with Gasteiger partial charge in [0.15, 0.2) is 0 Å². The second-order valence-electron chi connectivity index (χ2n) is 9.87. The summed E-state index contributed by atoms with van der Waals surface area (Å²) in [5.74, 6) is 1.55. The normalized spacial score (nSPS) is 21.9. The monoisotopic (exact) mass is 449 g/mol. The van der Waals surface area contributed by atoms with Crippen molar-refractivity contribution in [1.82, 2.24) is 13.9 Å². The fraction of sp³-hybridized carbons (Fsp3) is 0.696. The number of nitrogens with zero attached hydrogens (tertiary/aromatic N) is 3. The third-order valence-corrected chi connectivity index (χ3v) is 8.41. The fourth-order valence-electron chi connectivity index (χ4n) is 4.83. The van der Waals surface area contributed by atoms with Crippen LogP contribution in [0.5, 0.6) is 0 Å². The molecule has 31 heavy (non-hydrogen) atoms. The van der Waals surface area contributed by atoms with E-state index in [-0.39, 0.29) is 11.5 Å². The van der Waals surface area contributed by atoms with Gasteiger partial charge in [-0.05, 0) is 49.8 Å². The molecule has 7 nitrogen and oxygen atoms in total. The number of hydrogen-bond acceptors (Lipinski definition) is 5. The van der Waals surface area contributed by atoms with Crippen LogP contribution in [0, 0.1) is 5.92 Å². The van der Waals surface area contributed by atoms with Gasteiger partial charge in [-0.3, -0.25) is 0 Å². The van der Waals surface area contributed by atoms with Crippen LogP contribution in [0.1, 0.15) is 52.3 Å². The third kappa shape index (κ3) is 4.53. The summed E-state index contributed by atoms with van der Waals surface area (Å²) in [5.41, 5.74) is 1.62. The van der Waals surface area contributed by atoms with E-state index < -0.39 is 10.0 Å². The number of imidazole rings is 1. The molecule has 1 aromatic carbocycles. The van der Waals surface area contributed by atoms with Gasteiger partial charge in [-0.2, -0.15) is 4.31 Å². The van der Waals surface area contributed by atoms with E-state index in [2.05, 4.69) is 25.3 Å². The molecule has 2 aliphatic rings. The Balaban J connectivity index is 1.72. The van der Waals surface area contributed by atoms with E-state index in [1.54, 1.807) is 23.5 Å². The quantitative estimate of drug-likeness (QED) is 0.674. The first-order valence-corrected chi connectivity index (χ1v) is 12.7. The number of sulfonamides is 1. The Morgan fingerprint density at radius 2 is 1.94 bits per heavy atom. The van der Waals surface area contributed by atoms with Gasteiger partial charge in [0.05, 0.1) is 22.5 Å². The maximum absolute atomic E-state index is 13.4. The predicted molar refractivity (Wildman–Crippen MR) is 121 cm³/mol. The van der Waals surface area contributed by atoms with Crippen molar-refractivity contribution in [3.63, 3.8) is 0 Å². The van der Waals surface area contributed by atoms with Crippen molar-refractivity contribution in [2.24, 2.45) is 5.92 Å². The summed E-state index contributed by atoms with van der Waals surface area (Å²) in [5, 5.41) is 0. The maximum atomic E-state index is 13.4. The summed E-state index contributed by atoms with van der Waals surface area (Å²) >= 11 is 0. The van der Waals surface area contributed by atoms with Crippen molar-refractivity contribution >= 4 is 21.1 Å². The molecule has 0 bridgehead atoms. The highest BCUT2D eigenvalue weighted by molar-refractivity contribution is 7.89. The molecule has 2 saturated heterocycles. The Morgan fingerprint density at radius 3 is 2.61 bits per heavy atom. The molecule has 0 saturated carbocycles. The number of aromatic nitrogens is 2. The first kappa shape index (κ1) is 22.7. The van der Waals surface area contributed by atoms with Crippen molar-refractivity contribution in [3.05, 3.63) is 24.0 Å². The summed E-state index contributed by atoms with van der Waals surface area (Å²) in [7, 11) is -1.96. The van der Waals surface area contributed by atoms with Gasteiger partial charge in [0.1, 0.15) is 5.82 Å². The summed E-state index contributed by atoms with van der Waals surface area (Å²) < 4.78 is 41.5. The van der Waals surface area contributed by atoms with E-state index in [9.17, 15) is 8.42 Å². The first-order valence-electron chi connectivity index (χ1n) is 11.3. The van der Waals surface area contributed by atoms with E-state index in [1.807, 2.05) is 6.07 Å². The lowest BCUT2D eigenvalue weighted by atomic mass is 9.94. The number of fused-ring (bicyclic) bond motifs is 1. The van der Waals surface area contributed by atoms with Crippen molar-refractivity contribution in [3.8, 4) is 0 Å². The van der Waals surface area contributed by atoms with Gasteiger partial charge < -0.3 is 14.0 Å². The average molecular weight is 450 g/mol. The predicted octanol–water partition coefficient (Wildman–Crippen LogP) is 3.56. The van der Waals surface area contributed by atoms with Gasteiger partial charge in [-0.25, -0.2) is 13.4 Å². The number of methoxy groups -OCH3 is 1. The smallest absolute Gasteiger partial charge is 0.243 e. The Kier molecular flexibility index (Phi) is 6.45. The molecule has 0 N–H and O–H groups in total. The Labute approximate surface area is 185 Å². The van der Waals surface area contributed by atoms with Crippen LogP contribution in [0.2, 0.25) is 0 Å². The van der Waals surface area contributed by atoms with Gasteiger partial charge in [0.2, 0.25) is 10.0 Å². The zero-order chi connectivity index (χ0) is 22.2. The SMILES string of the molecule is COCC1CCCN1S(=O)(=O)c1ccc2c(c1)nc(C(C)(C)C)n2CC1CCOCC1. The topological polar surface area (TPSA) is 73.7 Å². The van der Waals surface area contributed by atoms with Crippen LogP contribution in [-0.2, 0) is 31.5 Å². The second kappa shape index (κ2) is 8.81. The minimum atomic E-state index is -3.58. The third-order valence-electron chi connectivity index (χ3n) is 6.46. The van der Waals surface area contributed by atoms with Crippen LogP contribution in [0.4, 0.5) is 0 Å². The molecule has 1 aromatic heterocycles. The largest absolute Gasteiger partial charge is 0.383 e. The molecule has 0 spiro atoms. The minimum absolute atomic E-state index is 0.0955. The van der Waals surface area contributed by atoms with E-state index in [0.717, 1.165) is 62.3 Å². The molecule has 1 atom stereocenters.